The first kappa shape index (κ1) is 14.8. The molecule has 1 aliphatic rings. The third-order valence-electron chi connectivity index (χ3n) is 4.05. The maximum Gasteiger partial charge on any atom is 0.136 e. The lowest BCUT2D eigenvalue weighted by atomic mass is 9.99. The van der Waals surface area contributed by atoms with E-state index < -0.39 is 0 Å². The number of piperidine rings is 1. The Hall–Kier alpha value is -2.17. The molecule has 4 nitrogen and oxygen atoms in total. The zero-order chi connectivity index (χ0) is 15.5. The second-order valence-electron chi connectivity index (χ2n) is 5.96. The summed E-state index contributed by atoms with van der Waals surface area (Å²) in [5.74, 6) is 2.99. The summed E-state index contributed by atoms with van der Waals surface area (Å²) in [5.41, 5.74) is 0.817. The van der Waals surface area contributed by atoms with Crippen LogP contribution in [0.4, 0.5) is 21.7 Å². The van der Waals surface area contributed by atoms with Gasteiger partial charge in [-0.1, -0.05) is 6.92 Å². The Balaban J connectivity index is 1.79. The molecule has 0 spiro atoms. The number of aryl methyl sites for hydroxylation is 1. The molecule has 0 bridgehead atoms. The number of halogens is 1. The van der Waals surface area contributed by atoms with E-state index in [0.717, 1.165) is 42.2 Å². The smallest absolute Gasteiger partial charge is 0.136 e. The van der Waals surface area contributed by atoms with E-state index in [9.17, 15) is 4.39 Å². The molecule has 1 saturated heterocycles. The van der Waals surface area contributed by atoms with Gasteiger partial charge in [-0.15, -0.1) is 0 Å². The summed E-state index contributed by atoms with van der Waals surface area (Å²) < 4.78 is 13.0. The predicted octanol–water partition coefficient (Wildman–Crippen LogP) is 3.90. The van der Waals surface area contributed by atoms with Crippen molar-refractivity contribution in [3.8, 4) is 0 Å². The van der Waals surface area contributed by atoms with Gasteiger partial charge in [0.15, 0.2) is 0 Å². The summed E-state index contributed by atoms with van der Waals surface area (Å²) in [5, 5.41) is 3.22. The van der Waals surface area contributed by atoms with E-state index in [2.05, 4.69) is 27.1 Å². The molecule has 116 valence electrons. The van der Waals surface area contributed by atoms with Crippen LogP contribution < -0.4 is 10.2 Å². The highest BCUT2D eigenvalue weighted by atomic mass is 19.1. The first-order chi connectivity index (χ1) is 10.6. The van der Waals surface area contributed by atoms with Crippen molar-refractivity contribution < 1.29 is 4.39 Å². The molecular formula is C17H21FN4. The molecule has 1 N–H and O–H groups in total. The highest BCUT2D eigenvalue weighted by Crippen LogP contribution is 2.24. The maximum atomic E-state index is 13.0. The van der Waals surface area contributed by atoms with Crippen LogP contribution in [0, 0.1) is 18.7 Å². The number of nitrogens with one attached hydrogen (secondary N) is 1. The van der Waals surface area contributed by atoms with Crippen LogP contribution in [0.15, 0.2) is 30.3 Å². The lowest BCUT2D eigenvalue weighted by Crippen LogP contribution is -2.33. The van der Waals surface area contributed by atoms with Crippen LogP contribution in [0.3, 0.4) is 0 Å². The standard InChI is InChI=1S/C17H21FN4/c1-12-7-9-22(10-8-12)17-11-16(19-13(2)20-17)21-15-5-3-14(18)4-6-15/h3-6,11-12H,7-10H2,1-2H3,(H,19,20,21). The number of aromatic nitrogens is 2. The van der Waals surface area contributed by atoms with Gasteiger partial charge in [-0.25, -0.2) is 14.4 Å². The van der Waals surface area contributed by atoms with Crippen LogP contribution in [-0.2, 0) is 0 Å². The van der Waals surface area contributed by atoms with Crippen molar-refractivity contribution in [2.75, 3.05) is 23.3 Å². The fourth-order valence-corrected chi connectivity index (χ4v) is 2.70. The third-order valence-corrected chi connectivity index (χ3v) is 4.05. The molecular weight excluding hydrogens is 279 g/mol. The van der Waals surface area contributed by atoms with Gasteiger partial charge in [0.25, 0.3) is 0 Å². The Bertz CT molecular complexity index is 634. The Morgan fingerprint density at radius 3 is 2.50 bits per heavy atom. The summed E-state index contributed by atoms with van der Waals surface area (Å²) in [7, 11) is 0. The molecule has 22 heavy (non-hydrogen) atoms. The Morgan fingerprint density at radius 2 is 1.82 bits per heavy atom. The highest BCUT2D eigenvalue weighted by molar-refractivity contribution is 5.59. The number of anilines is 3. The molecule has 1 fully saturated rings. The van der Waals surface area contributed by atoms with E-state index in [1.54, 1.807) is 12.1 Å². The minimum absolute atomic E-state index is 0.243. The molecule has 2 heterocycles. The van der Waals surface area contributed by atoms with Gasteiger partial charge >= 0.3 is 0 Å². The zero-order valence-corrected chi connectivity index (χ0v) is 13.0. The molecule has 0 amide bonds. The first-order valence-electron chi connectivity index (χ1n) is 7.73. The molecule has 1 aromatic carbocycles. The molecule has 0 saturated carbocycles. The summed E-state index contributed by atoms with van der Waals surface area (Å²) in [6, 6.07) is 8.24. The van der Waals surface area contributed by atoms with Gasteiger partial charge in [0, 0.05) is 24.8 Å². The van der Waals surface area contributed by atoms with Crippen molar-refractivity contribution in [3.63, 3.8) is 0 Å². The molecule has 0 unspecified atom stereocenters. The Kier molecular flexibility index (Phi) is 4.22. The lowest BCUT2D eigenvalue weighted by Gasteiger charge is -2.31. The molecule has 0 atom stereocenters. The molecule has 3 rings (SSSR count). The zero-order valence-electron chi connectivity index (χ0n) is 13.0. The number of rotatable bonds is 3. The predicted molar refractivity (Wildman–Crippen MR) is 87.1 cm³/mol. The monoisotopic (exact) mass is 300 g/mol. The van der Waals surface area contributed by atoms with Crippen LogP contribution in [-0.4, -0.2) is 23.1 Å². The van der Waals surface area contributed by atoms with Gasteiger partial charge in [0.1, 0.15) is 23.3 Å². The molecule has 1 aromatic heterocycles. The SMILES string of the molecule is Cc1nc(Nc2ccc(F)cc2)cc(N2CCC(C)CC2)n1. The fourth-order valence-electron chi connectivity index (χ4n) is 2.70. The van der Waals surface area contributed by atoms with Gasteiger partial charge < -0.3 is 10.2 Å². The van der Waals surface area contributed by atoms with Crippen molar-refractivity contribution >= 4 is 17.3 Å². The first-order valence-corrected chi connectivity index (χ1v) is 7.73. The van der Waals surface area contributed by atoms with E-state index in [4.69, 9.17) is 0 Å². The third kappa shape index (κ3) is 3.53. The average Bonchev–Trinajstić information content (AvgIpc) is 2.50. The second kappa shape index (κ2) is 6.30. The fraction of sp³-hybridized carbons (Fsp3) is 0.412. The van der Waals surface area contributed by atoms with Crippen molar-refractivity contribution in [1.82, 2.24) is 9.97 Å². The van der Waals surface area contributed by atoms with E-state index in [0.29, 0.717) is 0 Å². The largest absolute Gasteiger partial charge is 0.356 e. The van der Waals surface area contributed by atoms with Crippen molar-refractivity contribution in [2.45, 2.75) is 26.7 Å². The van der Waals surface area contributed by atoms with Gasteiger partial charge in [0.2, 0.25) is 0 Å². The minimum Gasteiger partial charge on any atom is -0.356 e. The molecule has 2 aromatic rings. The van der Waals surface area contributed by atoms with Gasteiger partial charge in [-0.05, 0) is 49.9 Å². The molecule has 1 aliphatic heterocycles. The number of benzene rings is 1. The second-order valence-corrected chi connectivity index (χ2v) is 5.96. The average molecular weight is 300 g/mol. The van der Waals surface area contributed by atoms with Crippen LogP contribution in [0.5, 0.6) is 0 Å². The lowest BCUT2D eigenvalue weighted by molar-refractivity contribution is 0.436. The number of hydrogen-bond acceptors (Lipinski definition) is 4. The van der Waals surface area contributed by atoms with Crippen LogP contribution >= 0.6 is 0 Å². The van der Waals surface area contributed by atoms with E-state index in [-0.39, 0.29) is 5.82 Å². The van der Waals surface area contributed by atoms with Crippen molar-refractivity contribution in [2.24, 2.45) is 5.92 Å². The molecule has 5 heteroatoms. The quantitative estimate of drug-likeness (QED) is 0.933. The van der Waals surface area contributed by atoms with E-state index >= 15 is 0 Å². The Morgan fingerprint density at radius 1 is 1.14 bits per heavy atom. The summed E-state index contributed by atoms with van der Waals surface area (Å²) in [6.45, 7) is 6.26. The summed E-state index contributed by atoms with van der Waals surface area (Å²) in [4.78, 5) is 11.3. The van der Waals surface area contributed by atoms with E-state index in [1.807, 2.05) is 13.0 Å². The van der Waals surface area contributed by atoms with Gasteiger partial charge in [-0.2, -0.15) is 0 Å². The van der Waals surface area contributed by atoms with Crippen molar-refractivity contribution in [1.29, 1.82) is 0 Å². The van der Waals surface area contributed by atoms with Gasteiger partial charge in [-0.3, -0.25) is 0 Å². The summed E-state index contributed by atoms with van der Waals surface area (Å²) in [6.07, 6.45) is 2.40. The van der Waals surface area contributed by atoms with Gasteiger partial charge in [0.05, 0.1) is 0 Å². The molecule has 0 aliphatic carbocycles. The van der Waals surface area contributed by atoms with Crippen molar-refractivity contribution in [3.05, 3.63) is 42.0 Å². The number of nitrogens with zero attached hydrogens (tertiary/aromatic N) is 3. The minimum atomic E-state index is -0.243. The molecule has 0 radical (unpaired) electrons. The topological polar surface area (TPSA) is 41.1 Å². The summed E-state index contributed by atoms with van der Waals surface area (Å²) >= 11 is 0. The van der Waals surface area contributed by atoms with E-state index in [1.165, 1.54) is 25.0 Å². The number of hydrogen-bond donors (Lipinski definition) is 1. The van der Waals surface area contributed by atoms with Crippen LogP contribution in [0.1, 0.15) is 25.6 Å². The van der Waals surface area contributed by atoms with Crippen LogP contribution in [0.25, 0.3) is 0 Å². The van der Waals surface area contributed by atoms with Crippen LogP contribution in [0.2, 0.25) is 0 Å². The maximum absolute atomic E-state index is 13.0. The Labute approximate surface area is 130 Å². The normalized spacial score (nSPS) is 15.9. The highest BCUT2D eigenvalue weighted by Gasteiger charge is 2.18.